The molecule has 2 rings (SSSR count). The first kappa shape index (κ1) is 11.2. The zero-order chi connectivity index (χ0) is 11.7. The van der Waals surface area contributed by atoms with E-state index < -0.39 is 0 Å². The van der Waals surface area contributed by atoms with Crippen LogP contribution in [0.4, 0.5) is 0 Å². The van der Waals surface area contributed by atoms with E-state index in [-0.39, 0.29) is 5.78 Å². The minimum atomic E-state index is 0.236. The van der Waals surface area contributed by atoms with Crippen LogP contribution >= 0.6 is 0 Å². The molecule has 86 valence electrons. The Kier molecular flexibility index (Phi) is 2.99. The molecule has 0 bridgehead atoms. The van der Waals surface area contributed by atoms with Crippen molar-refractivity contribution in [2.45, 2.75) is 39.5 Å². The van der Waals surface area contributed by atoms with E-state index in [9.17, 15) is 4.79 Å². The number of aryl methyl sites for hydroxylation is 1. The van der Waals surface area contributed by atoms with E-state index in [0.29, 0.717) is 18.9 Å². The van der Waals surface area contributed by atoms with Gasteiger partial charge in [0.1, 0.15) is 5.75 Å². The molecule has 1 aromatic carbocycles. The quantitative estimate of drug-likeness (QED) is 0.721. The highest BCUT2D eigenvalue weighted by Crippen LogP contribution is 2.34. The zero-order valence-corrected chi connectivity index (χ0v) is 10.2. The minimum absolute atomic E-state index is 0.236. The highest BCUT2D eigenvalue weighted by molar-refractivity contribution is 6.01. The number of carbonyl (C=O) groups excluding carboxylic acids is 1. The van der Waals surface area contributed by atoms with Crippen molar-refractivity contribution in [3.8, 4) is 5.75 Å². The lowest BCUT2D eigenvalue weighted by atomic mass is 9.91. The second-order valence-electron chi connectivity index (χ2n) is 4.71. The molecule has 0 amide bonds. The van der Waals surface area contributed by atoms with Gasteiger partial charge in [0.25, 0.3) is 0 Å². The van der Waals surface area contributed by atoms with Crippen molar-refractivity contribution in [1.82, 2.24) is 0 Å². The van der Waals surface area contributed by atoms with Gasteiger partial charge in [0, 0.05) is 6.42 Å². The number of hydrogen-bond acceptors (Lipinski definition) is 2. The van der Waals surface area contributed by atoms with Crippen molar-refractivity contribution in [3.63, 3.8) is 0 Å². The Balaban J connectivity index is 2.63. The topological polar surface area (TPSA) is 26.3 Å². The monoisotopic (exact) mass is 218 g/mol. The fourth-order valence-corrected chi connectivity index (χ4v) is 2.19. The summed E-state index contributed by atoms with van der Waals surface area (Å²) >= 11 is 0. The molecule has 0 fully saturated rings. The van der Waals surface area contributed by atoms with Gasteiger partial charge in [-0.2, -0.15) is 0 Å². The fraction of sp³-hybridized carbons (Fsp3) is 0.500. The Bertz CT molecular complexity index is 419. The van der Waals surface area contributed by atoms with Gasteiger partial charge in [-0.1, -0.05) is 26.0 Å². The Labute approximate surface area is 96.6 Å². The van der Waals surface area contributed by atoms with Crippen molar-refractivity contribution in [2.75, 3.05) is 6.61 Å². The van der Waals surface area contributed by atoms with Crippen molar-refractivity contribution in [2.24, 2.45) is 0 Å². The SMILES string of the molecule is Cc1ccc(C(C)C)c2c1OCCCC2=O. The molecule has 1 aliphatic rings. The number of ketones is 1. The fourth-order valence-electron chi connectivity index (χ4n) is 2.19. The summed E-state index contributed by atoms with van der Waals surface area (Å²) in [5, 5.41) is 0. The Morgan fingerprint density at radius 1 is 1.31 bits per heavy atom. The van der Waals surface area contributed by atoms with Crippen LogP contribution < -0.4 is 4.74 Å². The predicted molar refractivity (Wildman–Crippen MR) is 64.3 cm³/mol. The molecule has 0 aliphatic carbocycles. The lowest BCUT2D eigenvalue weighted by Gasteiger charge is -2.16. The summed E-state index contributed by atoms with van der Waals surface area (Å²) < 4.78 is 5.72. The van der Waals surface area contributed by atoms with Crippen LogP contribution in [-0.2, 0) is 0 Å². The minimum Gasteiger partial charge on any atom is -0.493 e. The molecule has 0 spiro atoms. The molecular formula is C14H18O2. The highest BCUT2D eigenvalue weighted by Gasteiger charge is 2.23. The number of benzene rings is 1. The molecule has 0 unspecified atom stereocenters. The molecule has 0 aromatic heterocycles. The Morgan fingerprint density at radius 3 is 2.75 bits per heavy atom. The third-order valence-electron chi connectivity index (χ3n) is 3.08. The number of rotatable bonds is 1. The molecule has 0 saturated heterocycles. The van der Waals surface area contributed by atoms with Gasteiger partial charge in [-0.15, -0.1) is 0 Å². The van der Waals surface area contributed by atoms with Crippen LogP contribution in [0, 0.1) is 6.92 Å². The maximum Gasteiger partial charge on any atom is 0.167 e. The van der Waals surface area contributed by atoms with E-state index in [0.717, 1.165) is 28.9 Å². The maximum absolute atomic E-state index is 12.1. The summed E-state index contributed by atoms with van der Waals surface area (Å²) in [6.07, 6.45) is 1.43. The van der Waals surface area contributed by atoms with Gasteiger partial charge in [0.05, 0.1) is 12.2 Å². The lowest BCUT2D eigenvalue weighted by Crippen LogP contribution is -2.06. The van der Waals surface area contributed by atoms with E-state index in [4.69, 9.17) is 4.74 Å². The molecule has 2 heteroatoms. The molecule has 2 nitrogen and oxygen atoms in total. The number of ether oxygens (including phenoxy) is 1. The molecular weight excluding hydrogens is 200 g/mol. The summed E-state index contributed by atoms with van der Waals surface area (Å²) in [6, 6.07) is 4.11. The van der Waals surface area contributed by atoms with Crippen molar-refractivity contribution in [3.05, 3.63) is 28.8 Å². The first-order valence-electron chi connectivity index (χ1n) is 5.90. The van der Waals surface area contributed by atoms with E-state index in [1.165, 1.54) is 0 Å². The van der Waals surface area contributed by atoms with Crippen LogP contribution in [-0.4, -0.2) is 12.4 Å². The van der Waals surface area contributed by atoms with Gasteiger partial charge in [0.2, 0.25) is 0 Å². The highest BCUT2D eigenvalue weighted by atomic mass is 16.5. The zero-order valence-electron chi connectivity index (χ0n) is 10.2. The van der Waals surface area contributed by atoms with Gasteiger partial charge in [-0.05, 0) is 30.4 Å². The molecule has 1 aromatic rings. The van der Waals surface area contributed by atoms with Crippen LogP contribution in [0.1, 0.15) is 54.1 Å². The summed E-state index contributed by atoms with van der Waals surface area (Å²) in [4.78, 5) is 12.1. The van der Waals surface area contributed by atoms with Gasteiger partial charge in [-0.3, -0.25) is 4.79 Å². The molecule has 0 atom stereocenters. The third kappa shape index (κ3) is 1.84. The van der Waals surface area contributed by atoms with E-state index >= 15 is 0 Å². The summed E-state index contributed by atoms with van der Waals surface area (Å²) in [5.41, 5.74) is 3.01. The maximum atomic E-state index is 12.1. The van der Waals surface area contributed by atoms with E-state index in [2.05, 4.69) is 19.9 Å². The van der Waals surface area contributed by atoms with E-state index in [1.54, 1.807) is 0 Å². The van der Waals surface area contributed by atoms with Crippen LogP contribution in [0.25, 0.3) is 0 Å². The molecule has 0 saturated carbocycles. The third-order valence-corrected chi connectivity index (χ3v) is 3.08. The largest absolute Gasteiger partial charge is 0.493 e. The van der Waals surface area contributed by atoms with Crippen LogP contribution in [0.2, 0.25) is 0 Å². The first-order chi connectivity index (χ1) is 7.61. The standard InChI is InChI=1S/C14H18O2/c1-9(2)11-7-6-10(3)14-13(11)12(15)5-4-8-16-14/h6-7,9H,4-5,8H2,1-3H3. The predicted octanol–water partition coefficient (Wildman–Crippen LogP) is 3.47. The van der Waals surface area contributed by atoms with Gasteiger partial charge >= 0.3 is 0 Å². The number of Topliss-reactive ketones (excluding diaryl/α,β-unsaturated/α-hetero) is 1. The van der Waals surface area contributed by atoms with Crippen LogP contribution in [0.15, 0.2) is 12.1 Å². The molecule has 1 aliphatic heterocycles. The smallest absolute Gasteiger partial charge is 0.167 e. The Morgan fingerprint density at radius 2 is 2.06 bits per heavy atom. The molecule has 0 N–H and O–H groups in total. The second kappa shape index (κ2) is 4.28. The summed E-state index contributed by atoms with van der Waals surface area (Å²) in [5.74, 6) is 1.41. The summed E-state index contributed by atoms with van der Waals surface area (Å²) in [7, 11) is 0. The number of carbonyl (C=O) groups is 1. The van der Waals surface area contributed by atoms with Crippen LogP contribution in [0.5, 0.6) is 5.75 Å². The lowest BCUT2D eigenvalue weighted by molar-refractivity contribution is 0.0982. The normalized spacial score (nSPS) is 15.6. The van der Waals surface area contributed by atoms with Crippen molar-refractivity contribution >= 4 is 5.78 Å². The van der Waals surface area contributed by atoms with Crippen LogP contribution in [0.3, 0.4) is 0 Å². The molecule has 1 heterocycles. The van der Waals surface area contributed by atoms with Gasteiger partial charge < -0.3 is 4.74 Å². The van der Waals surface area contributed by atoms with Crippen molar-refractivity contribution in [1.29, 1.82) is 0 Å². The first-order valence-corrected chi connectivity index (χ1v) is 5.90. The van der Waals surface area contributed by atoms with Gasteiger partial charge in [0.15, 0.2) is 5.78 Å². The van der Waals surface area contributed by atoms with Crippen molar-refractivity contribution < 1.29 is 9.53 Å². The second-order valence-corrected chi connectivity index (χ2v) is 4.71. The number of hydrogen-bond donors (Lipinski definition) is 0. The van der Waals surface area contributed by atoms with Gasteiger partial charge in [-0.25, -0.2) is 0 Å². The average Bonchev–Trinajstić information content (AvgIpc) is 2.42. The summed E-state index contributed by atoms with van der Waals surface area (Å²) in [6.45, 7) is 6.88. The molecule has 16 heavy (non-hydrogen) atoms. The average molecular weight is 218 g/mol. The van der Waals surface area contributed by atoms with E-state index in [1.807, 2.05) is 13.0 Å². The molecule has 0 radical (unpaired) electrons. The Hall–Kier alpha value is -1.31. The number of fused-ring (bicyclic) bond motifs is 1.